The highest BCUT2D eigenvalue weighted by Crippen LogP contribution is 2.67. The Morgan fingerprint density at radius 2 is 2.06 bits per heavy atom. The molecular formula is C15H22O2. The molecule has 3 aliphatic rings. The molecular weight excluding hydrogens is 212 g/mol. The van der Waals surface area contributed by atoms with Gasteiger partial charge in [-0.1, -0.05) is 25.0 Å². The van der Waals surface area contributed by atoms with Crippen molar-refractivity contribution in [2.45, 2.75) is 52.9 Å². The average Bonchev–Trinajstić information content (AvgIpc) is 2.81. The van der Waals surface area contributed by atoms with E-state index in [4.69, 9.17) is 0 Å². The van der Waals surface area contributed by atoms with Gasteiger partial charge in [-0.05, 0) is 50.4 Å². The molecule has 2 nitrogen and oxygen atoms in total. The van der Waals surface area contributed by atoms with E-state index in [1.54, 1.807) is 0 Å². The molecule has 2 heteroatoms. The predicted molar refractivity (Wildman–Crippen MR) is 66.6 cm³/mol. The molecule has 94 valence electrons. The molecule has 3 atom stereocenters. The van der Waals surface area contributed by atoms with Crippen LogP contribution < -0.4 is 0 Å². The van der Waals surface area contributed by atoms with Crippen molar-refractivity contribution in [2.75, 3.05) is 0 Å². The second-order valence-electron chi connectivity index (χ2n) is 6.85. The zero-order valence-corrected chi connectivity index (χ0v) is 11.0. The zero-order valence-electron chi connectivity index (χ0n) is 11.0. The highest BCUT2D eigenvalue weighted by molar-refractivity contribution is 5.73. The Morgan fingerprint density at radius 1 is 1.35 bits per heavy atom. The van der Waals surface area contributed by atoms with Crippen LogP contribution in [0.2, 0.25) is 0 Å². The summed E-state index contributed by atoms with van der Waals surface area (Å²) in [5.74, 6) is 0.0351. The van der Waals surface area contributed by atoms with E-state index in [-0.39, 0.29) is 11.3 Å². The molecule has 3 aliphatic carbocycles. The van der Waals surface area contributed by atoms with Crippen molar-refractivity contribution in [3.05, 3.63) is 11.1 Å². The molecule has 0 aromatic carbocycles. The number of rotatable bonds is 1. The van der Waals surface area contributed by atoms with Crippen LogP contribution in [-0.2, 0) is 4.79 Å². The molecule has 0 unspecified atom stereocenters. The molecule has 1 spiro atoms. The summed E-state index contributed by atoms with van der Waals surface area (Å²) in [4.78, 5) is 11.5. The number of carbonyl (C=O) groups is 1. The number of hydrogen-bond acceptors (Lipinski definition) is 1. The minimum Gasteiger partial charge on any atom is -0.481 e. The molecule has 0 saturated heterocycles. The number of allylic oxidation sites excluding steroid dienone is 2. The minimum atomic E-state index is -0.562. The third-order valence-corrected chi connectivity index (χ3v) is 6.24. The first kappa shape index (κ1) is 11.3. The van der Waals surface area contributed by atoms with Crippen LogP contribution in [0.4, 0.5) is 0 Å². The lowest BCUT2D eigenvalue weighted by Gasteiger charge is -2.44. The van der Waals surface area contributed by atoms with Crippen LogP contribution in [0, 0.1) is 22.7 Å². The molecule has 0 aliphatic heterocycles. The quantitative estimate of drug-likeness (QED) is 0.703. The molecule has 3 rings (SSSR count). The van der Waals surface area contributed by atoms with Crippen LogP contribution in [0.25, 0.3) is 0 Å². The van der Waals surface area contributed by atoms with Gasteiger partial charge < -0.3 is 5.11 Å². The highest BCUT2D eigenvalue weighted by atomic mass is 16.4. The van der Waals surface area contributed by atoms with E-state index in [1.807, 2.05) is 0 Å². The molecule has 0 heterocycles. The van der Waals surface area contributed by atoms with E-state index < -0.39 is 5.97 Å². The first-order valence-electron chi connectivity index (χ1n) is 6.83. The molecule has 2 saturated carbocycles. The van der Waals surface area contributed by atoms with Gasteiger partial charge in [0, 0.05) is 5.41 Å². The Kier molecular flexibility index (Phi) is 2.10. The summed E-state index contributed by atoms with van der Waals surface area (Å²) in [5, 5.41) is 9.46. The van der Waals surface area contributed by atoms with Gasteiger partial charge in [-0.2, -0.15) is 0 Å². The van der Waals surface area contributed by atoms with E-state index >= 15 is 0 Å². The van der Waals surface area contributed by atoms with Gasteiger partial charge in [0.1, 0.15) is 0 Å². The van der Waals surface area contributed by atoms with E-state index in [2.05, 4.69) is 20.8 Å². The summed E-state index contributed by atoms with van der Waals surface area (Å²) in [6.45, 7) is 6.96. The summed E-state index contributed by atoms with van der Waals surface area (Å²) in [7, 11) is 0. The largest absolute Gasteiger partial charge is 0.481 e. The number of hydrogen-bond donors (Lipinski definition) is 1. The second kappa shape index (κ2) is 3.15. The van der Waals surface area contributed by atoms with Crippen LogP contribution in [0.15, 0.2) is 11.1 Å². The average molecular weight is 234 g/mol. The molecule has 2 fully saturated rings. The lowest BCUT2D eigenvalue weighted by Crippen LogP contribution is -2.37. The van der Waals surface area contributed by atoms with Gasteiger partial charge in [0.15, 0.2) is 0 Å². The monoisotopic (exact) mass is 234 g/mol. The van der Waals surface area contributed by atoms with Crippen LogP contribution >= 0.6 is 0 Å². The minimum absolute atomic E-state index is 0.0517. The van der Waals surface area contributed by atoms with Gasteiger partial charge in [0.05, 0.1) is 5.92 Å². The van der Waals surface area contributed by atoms with Crippen molar-refractivity contribution in [3.63, 3.8) is 0 Å². The fourth-order valence-corrected chi connectivity index (χ4v) is 4.92. The Labute approximate surface area is 103 Å². The number of fused-ring (bicyclic) bond motifs is 1. The lowest BCUT2D eigenvalue weighted by molar-refractivity contribution is -0.145. The van der Waals surface area contributed by atoms with Gasteiger partial charge in [-0.3, -0.25) is 4.79 Å². The number of carboxylic acids is 1. The summed E-state index contributed by atoms with van der Waals surface area (Å²) in [5.41, 5.74) is 3.37. The van der Waals surface area contributed by atoms with Crippen molar-refractivity contribution >= 4 is 5.97 Å². The summed E-state index contributed by atoms with van der Waals surface area (Å²) in [6, 6.07) is 0. The van der Waals surface area contributed by atoms with Crippen molar-refractivity contribution < 1.29 is 9.90 Å². The zero-order chi connectivity index (χ0) is 12.4. The van der Waals surface area contributed by atoms with E-state index in [1.165, 1.54) is 17.6 Å². The van der Waals surface area contributed by atoms with Gasteiger partial charge in [0.2, 0.25) is 0 Å². The standard InChI is InChI=1S/C15H22O2/c1-9-11-4-5-12(13(16)17)15(11)7-6-10(8-15)14(9,2)3/h10,12H,4-8H2,1-3H3,(H,16,17)/t10-,12-,15-/m1/s1. The van der Waals surface area contributed by atoms with Crippen molar-refractivity contribution in [3.8, 4) is 0 Å². The maximum Gasteiger partial charge on any atom is 0.307 e. The third-order valence-electron chi connectivity index (χ3n) is 6.24. The fraction of sp³-hybridized carbons (Fsp3) is 0.800. The normalized spacial score (nSPS) is 42.8. The van der Waals surface area contributed by atoms with Crippen LogP contribution in [0.3, 0.4) is 0 Å². The molecule has 0 aromatic heterocycles. The van der Waals surface area contributed by atoms with Crippen molar-refractivity contribution in [1.82, 2.24) is 0 Å². The molecule has 1 N–H and O–H groups in total. The predicted octanol–water partition coefficient (Wildman–Crippen LogP) is 3.62. The molecule has 0 amide bonds. The van der Waals surface area contributed by atoms with Gasteiger partial charge in [-0.25, -0.2) is 0 Å². The first-order valence-corrected chi connectivity index (χ1v) is 6.83. The molecule has 2 bridgehead atoms. The van der Waals surface area contributed by atoms with Gasteiger partial charge in [0.25, 0.3) is 0 Å². The lowest BCUT2D eigenvalue weighted by atomic mass is 9.60. The van der Waals surface area contributed by atoms with Crippen molar-refractivity contribution in [1.29, 1.82) is 0 Å². The van der Waals surface area contributed by atoms with Crippen LogP contribution in [0.5, 0.6) is 0 Å². The smallest absolute Gasteiger partial charge is 0.307 e. The Morgan fingerprint density at radius 3 is 2.71 bits per heavy atom. The summed E-state index contributed by atoms with van der Waals surface area (Å²) < 4.78 is 0. The molecule has 0 aromatic rings. The molecule has 17 heavy (non-hydrogen) atoms. The topological polar surface area (TPSA) is 37.3 Å². The Bertz CT molecular complexity index is 419. The van der Waals surface area contributed by atoms with Crippen LogP contribution in [-0.4, -0.2) is 11.1 Å². The maximum absolute atomic E-state index is 11.5. The van der Waals surface area contributed by atoms with Gasteiger partial charge >= 0.3 is 5.97 Å². The van der Waals surface area contributed by atoms with Gasteiger partial charge in [-0.15, -0.1) is 0 Å². The van der Waals surface area contributed by atoms with Crippen molar-refractivity contribution in [2.24, 2.45) is 22.7 Å². The third kappa shape index (κ3) is 1.19. The number of carboxylic acid groups (broad SMARTS) is 1. The molecule has 0 radical (unpaired) electrons. The van der Waals surface area contributed by atoms with E-state index in [0.717, 1.165) is 25.7 Å². The fourth-order valence-electron chi connectivity index (χ4n) is 4.92. The Balaban J connectivity index is 2.15. The summed E-state index contributed by atoms with van der Waals surface area (Å²) >= 11 is 0. The van der Waals surface area contributed by atoms with Crippen LogP contribution in [0.1, 0.15) is 52.9 Å². The maximum atomic E-state index is 11.5. The van der Waals surface area contributed by atoms with E-state index in [9.17, 15) is 9.90 Å². The Hall–Kier alpha value is -0.790. The second-order valence-corrected chi connectivity index (χ2v) is 6.85. The highest BCUT2D eigenvalue weighted by Gasteiger charge is 2.60. The van der Waals surface area contributed by atoms with E-state index in [0.29, 0.717) is 11.3 Å². The SMILES string of the molecule is CC1=C2CC[C@H](C(=O)O)[C@@]23CC[C@H](C3)C1(C)C. The first-order chi connectivity index (χ1) is 7.89. The summed E-state index contributed by atoms with van der Waals surface area (Å²) in [6.07, 6.45) is 5.36. The number of aliphatic carboxylic acids is 1.